The fourth-order valence-corrected chi connectivity index (χ4v) is 4.17. The van der Waals surface area contributed by atoms with Crippen molar-refractivity contribution in [2.45, 2.75) is 32.1 Å². The Morgan fingerprint density at radius 3 is 2.84 bits per heavy atom. The van der Waals surface area contributed by atoms with Gasteiger partial charge in [0.1, 0.15) is 12.0 Å². The van der Waals surface area contributed by atoms with Crippen LogP contribution in [0, 0.1) is 0 Å². The van der Waals surface area contributed by atoms with Crippen LogP contribution in [-0.4, -0.2) is 43.4 Å². The number of hydrogen-bond acceptors (Lipinski definition) is 6. The molecule has 0 spiro atoms. The molecule has 1 aromatic carbocycles. The SMILES string of the molecule is COc1cc2c(-c3cnn(C4CCCCO4)c3)cn(-c3ccc(CO)nn3)c2cc1Cl. The fraction of sp³-hybridized carbons (Fsp3) is 0.318. The van der Waals surface area contributed by atoms with E-state index in [1.54, 1.807) is 13.2 Å². The minimum atomic E-state index is -0.156. The van der Waals surface area contributed by atoms with Crippen LogP contribution in [0.1, 0.15) is 31.2 Å². The second-order valence-corrected chi connectivity index (χ2v) is 7.90. The van der Waals surface area contributed by atoms with E-state index in [2.05, 4.69) is 15.3 Å². The van der Waals surface area contributed by atoms with E-state index in [0.717, 1.165) is 47.9 Å². The molecule has 1 fully saturated rings. The van der Waals surface area contributed by atoms with Crippen molar-refractivity contribution in [1.82, 2.24) is 24.5 Å². The van der Waals surface area contributed by atoms with E-state index in [1.807, 2.05) is 46.0 Å². The summed E-state index contributed by atoms with van der Waals surface area (Å²) in [6.07, 6.45) is 9.00. The van der Waals surface area contributed by atoms with Crippen LogP contribution >= 0.6 is 11.6 Å². The number of halogens is 1. The van der Waals surface area contributed by atoms with Gasteiger partial charge in [0.25, 0.3) is 0 Å². The molecule has 4 heterocycles. The first-order valence-electron chi connectivity index (χ1n) is 10.2. The third kappa shape index (κ3) is 3.67. The average molecular weight is 440 g/mol. The Morgan fingerprint density at radius 2 is 2.13 bits per heavy atom. The van der Waals surface area contributed by atoms with E-state index >= 15 is 0 Å². The number of methoxy groups -OCH3 is 1. The van der Waals surface area contributed by atoms with Crippen LogP contribution in [-0.2, 0) is 11.3 Å². The third-order valence-electron chi connectivity index (χ3n) is 5.56. The maximum Gasteiger partial charge on any atom is 0.159 e. The molecule has 1 unspecified atom stereocenters. The monoisotopic (exact) mass is 439 g/mol. The van der Waals surface area contributed by atoms with E-state index < -0.39 is 0 Å². The van der Waals surface area contributed by atoms with E-state index in [1.165, 1.54) is 0 Å². The highest BCUT2D eigenvalue weighted by atomic mass is 35.5. The highest BCUT2D eigenvalue weighted by Gasteiger charge is 2.20. The average Bonchev–Trinajstić information content (AvgIpc) is 3.44. The van der Waals surface area contributed by atoms with Crippen LogP contribution in [0.2, 0.25) is 5.02 Å². The van der Waals surface area contributed by atoms with Crippen LogP contribution in [0.15, 0.2) is 42.9 Å². The molecule has 9 heteroatoms. The van der Waals surface area contributed by atoms with Crippen molar-refractivity contribution < 1.29 is 14.6 Å². The largest absolute Gasteiger partial charge is 0.495 e. The molecular formula is C22H22ClN5O3. The van der Waals surface area contributed by atoms with Crippen molar-refractivity contribution in [3.63, 3.8) is 0 Å². The highest BCUT2D eigenvalue weighted by molar-refractivity contribution is 6.33. The van der Waals surface area contributed by atoms with E-state index in [-0.39, 0.29) is 12.8 Å². The van der Waals surface area contributed by atoms with Gasteiger partial charge in [-0.05, 0) is 43.5 Å². The number of hydrogen-bond donors (Lipinski definition) is 1. The van der Waals surface area contributed by atoms with Crippen LogP contribution in [0.25, 0.3) is 27.8 Å². The van der Waals surface area contributed by atoms with Crippen molar-refractivity contribution >= 4 is 22.5 Å². The van der Waals surface area contributed by atoms with Crippen molar-refractivity contribution in [2.24, 2.45) is 0 Å². The van der Waals surface area contributed by atoms with Gasteiger partial charge < -0.3 is 14.6 Å². The summed E-state index contributed by atoms with van der Waals surface area (Å²) in [6, 6.07) is 7.35. The molecule has 0 saturated carbocycles. The summed E-state index contributed by atoms with van der Waals surface area (Å²) in [6.45, 7) is 0.605. The van der Waals surface area contributed by atoms with Gasteiger partial charge in [-0.2, -0.15) is 10.2 Å². The molecule has 1 saturated heterocycles. The summed E-state index contributed by atoms with van der Waals surface area (Å²) in [5.74, 6) is 1.22. The number of aliphatic hydroxyl groups excluding tert-OH is 1. The maximum atomic E-state index is 9.27. The number of nitrogens with zero attached hydrogens (tertiary/aromatic N) is 5. The van der Waals surface area contributed by atoms with E-state index in [9.17, 15) is 5.11 Å². The zero-order valence-electron chi connectivity index (χ0n) is 17.0. The molecule has 1 aliphatic rings. The summed E-state index contributed by atoms with van der Waals surface area (Å²) in [4.78, 5) is 0. The molecule has 31 heavy (non-hydrogen) atoms. The first kappa shape index (κ1) is 20.0. The van der Waals surface area contributed by atoms with Crippen molar-refractivity contribution in [3.8, 4) is 22.7 Å². The molecule has 5 rings (SSSR count). The van der Waals surface area contributed by atoms with Gasteiger partial charge in [-0.15, -0.1) is 5.10 Å². The number of benzene rings is 1. The minimum absolute atomic E-state index is 0.0308. The number of ether oxygens (including phenoxy) is 2. The molecule has 1 N–H and O–H groups in total. The summed E-state index contributed by atoms with van der Waals surface area (Å²) in [5.41, 5.74) is 3.31. The molecule has 0 radical (unpaired) electrons. The quantitative estimate of drug-likeness (QED) is 0.503. The predicted octanol–water partition coefficient (Wildman–Crippen LogP) is 4.14. The lowest BCUT2D eigenvalue weighted by Gasteiger charge is -2.22. The molecule has 160 valence electrons. The normalized spacial score (nSPS) is 16.7. The first-order valence-corrected chi connectivity index (χ1v) is 10.5. The minimum Gasteiger partial charge on any atom is -0.495 e. The van der Waals surface area contributed by atoms with Gasteiger partial charge in [0.2, 0.25) is 0 Å². The zero-order chi connectivity index (χ0) is 21.4. The second kappa shape index (κ2) is 8.30. The molecule has 1 atom stereocenters. The number of aliphatic hydroxyl groups is 1. The van der Waals surface area contributed by atoms with Crippen molar-refractivity contribution in [1.29, 1.82) is 0 Å². The Balaban J connectivity index is 1.64. The Hall–Kier alpha value is -2.94. The lowest BCUT2D eigenvalue weighted by atomic mass is 10.1. The number of aromatic nitrogens is 5. The Kier molecular flexibility index (Phi) is 5.35. The van der Waals surface area contributed by atoms with E-state index in [4.69, 9.17) is 21.1 Å². The summed E-state index contributed by atoms with van der Waals surface area (Å²) in [5, 5.41) is 23.6. The molecule has 8 nitrogen and oxygen atoms in total. The van der Waals surface area contributed by atoms with Crippen molar-refractivity contribution in [2.75, 3.05) is 13.7 Å². The molecule has 1 aliphatic heterocycles. The van der Waals surface area contributed by atoms with Crippen molar-refractivity contribution in [3.05, 3.63) is 53.6 Å². The Morgan fingerprint density at radius 1 is 1.23 bits per heavy atom. The van der Waals surface area contributed by atoms with E-state index in [0.29, 0.717) is 22.3 Å². The highest BCUT2D eigenvalue weighted by Crippen LogP contribution is 2.38. The van der Waals surface area contributed by atoms with Crippen LogP contribution in [0.5, 0.6) is 5.75 Å². The lowest BCUT2D eigenvalue weighted by Crippen LogP contribution is -2.18. The topological polar surface area (TPSA) is 87.2 Å². The third-order valence-corrected chi connectivity index (χ3v) is 5.85. The van der Waals surface area contributed by atoms with Gasteiger partial charge >= 0.3 is 0 Å². The molecule has 0 bridgehead atoms. The van der Waals surface area contributed by atoms with Gasteiger partial charge in [0.15, 0.2) is 5.82 Å². The smallest absolute Gasteiger partial charge is 0.159 e. The summed E-state index contributed by atoms with van der Waals surface area (Å²) < 4.78 is 15.1. The predicted molar refractivity (Wildman–Crippen MR) is 116 cm³/mol. The molecule has 4 aromatic rings. The molecule has 0 aliphatic carbocycles. The zero-order valence-corrected chi connectivity index (χ0v) is 17.8. The van der Waals surface area contributed by atoms with Crippen LogP contribution in [0.4, 0.5) is 0 Å². The molecule has 3 aromatic heterocycles. The van der Waals surface area contributed by atoms with Gasteiger partial charge in [-0.1, -0.05) is 11.6 Å². The van der Waals surface area contributed by atoms with Gasteiger partial charge in [0, 0.05) is 35.5 Å². The maximum absolute atomic E-state index is 9.27. The van der Waals surface area contributed by atoms with Gasteiger partial charge in [-0.25, -0.2) is 4.68 Å². The lowest BCUT2D eigenvalue weighted by molar-refractivity contribution is -0.0394. The van der Waals surface area contributed by atoms with Crippen LogP contribution < -0.4 is 4.74 Å². The van der Waals surface area contributed by atoms with Crippen LogP contribution in [0.3, 0.4) is 0 Å². The fourth-order valence-electron chi connectivity index (χ4n) is 3.93. The Labute approximate surface area is 184 Å². The molecule has 0 amide bonds. The van der Waals surface area contributed by atoms with Gasteiger partial charge in [-0.3, -0.25) is 4.57 Å². The molecular weight excluding hydrogens is 418 g/mol. The second-order valence-electron chi connectivity index (χ2n) is 7.49. The summed E-state index contributed by atoms with van der Waals surface area (Å²) >= 11 is 6.43. The first-order chi connectivity index (χ1) is 15.2. The standard InChI is InChI=1S/C22H22ClN5O3/c1-30-20-8-16-17(14-10-24-28(11-14)22-4-2-3-7-31-22)12-27(19(16)9-18(20)23)21-6-5-15(13-29)25-26-21/h5-6,8-12,22,29H,2-4,7,13H2,1H3. The van der Waals surface area contributed by atoms with Gasteiger partial charge in [0.05, 0.1) is 36.1 Å². The number of rotatable bonds is 5. The Bertz CT molecular complexity index is 1210. The number of fused-ring (bicyclic) bond motifs is 1. The summed E-state index contributed by atoms with van der Waals surface area (Å²) in [7, 11) is 1.60.